The number of rotatable bonds is 39. The Bertz CT molecular complexity index is 1200. The van der Waals surface area contributed by atoms with E-state index in [1.807, 2.05) is 33.3 Å². The molecule has 0 heterocycles. The van der Waals surface area contributed by atoms with Gasteiger partial charge in [0.2, 0.25) is 0 Å². The van der Waals surface area contributed by atoms with Crippen LogP contribution >= 0.6 is 7.82 Å². The largest absolute Gasteiger partial charge is 0.756 e. The molecule has 0 spiro atoms. The maximum atomic E-state index is 12.7. The summed E-state index contributed by atoms with van der Waals surface area (Å²) in [4.78, 5) is 37.5. The molecule has 0 aliphatic heterocycles. The summed E-state index contributed by atoms with van der Waals surface area (Å²) in [5.41, 5.74) is 0. The average Bonchev–Trinajstić information content (AvgIpc) is 3.16. The van der Waals surface area contributed by atoms with Crippen molar-refractivity contribution in [1.82, 2.24) is 0 Å². The number of phosphoric ester groups is 1. The summed E-state index contributed by atoms with van der Waals surface area (Å²) in [7, 11) is 1.12. The van der Waals surface area contributed by atoms with E-state index in [-0.39, 0.29) is 26.1 Å². The molecule has 0 saturated carbocycles. The van der Waals surface area contributed by atoms with Gasteiger partial charge in [0.1, 0.15) is 19.8 Å². The van der Waals surface area contributed by atoms with Crippen LogP contribution in [0.5, 0.6) is 0 Å². The Morgan fingerprint density at radius 2 is 1.00 bits per heavy atom. The molecule has 0 bridgehead atoms. The standard InChI is InChI=1S/C47H82NO8P/c1-6-8-10-12-14-16-18-20-22-23-24-25-26-28-29-31-33-35-37-39-46(49)53-43-45(44-55-57(51,52)54-42-41-48(3,4)5)56-47(50)40-38-36-34-32-30-27-21-19-17-15-13-11-9-7-2/h8,10,14,16,20,22,24-25,28-29,33,35,45H,6-7,9,11-13,15,17-19,21,23,26-27,30-32,34,36-44H2,1-5H3/b10-8+,16-14+,22-20+,25-24+,29-28+,35-33+/t45-/m0/s1. The zero-order valence-electron chi connectivity index (χ0n) is 36.8. The van der Waals surface area contributed by atoms with E-state index in [4.69, 9.17) is 18.5 Å². The fourth-order valence-corrected chi connectivity index (χ4v) is 6.29. The van der Waals surface area contributed by atoms with Gasteiger partial charge in [0, 0.05) is 12.8 Å². The van der Waals surface area contributed by atoms with E-state index < -0.39 is 32.5 Å². The van der Waals surface area contributed by atoms with Gasteiger partial charge in [-0.3, -0.25) is 14.2 Å². The van der Waals surface area contributed by atoms with E-state index >= 15 is 0 Å². The predicted molar refractivity (Wildman–Crippen MR) is 236 cm³/mol. The SMILES string of the molecule is CC/C=C/C/C=C/C/C=C/C/C=C/C/C=C/C/C=C/CCC(=O)OC[C@@H](COP(=O)([O-])OCC[N+](C)(C)C)OC(=O)CCCCCCCCCCCCCCCC. The van der Waals surface area contributed by atoms with Gasteiger partial charge in [0.25, 0.3) is 7.82 Å². The van der Waals surface area contributed by atoms with E-state index in [9.17, 15) is 19.0 Å². The van der Waals surface area contributed by atoms with E-state index in [2.05, 4.69) is 74.6 Å². The van der Waals surface area contributed by atoms with Crippen LogP contribution in [0.15, 0.2) is 72.9 Å². The Balaban J connectivity index is 4.48. The third-order valence-corrected chi connectivity index (χ3v) is 9.97. The lowest BCUT2D eigenvalue weighted by Gasteiger charge is -2.28. The molecule has 2 atom stereocenters. The van der Waals surface area contributed by atoms with Crippen LogP contribution in [0.4, 0.5) is 0 Å². The van der Waals surface area contributed by atoms with E-state index in [0.29, 0.717) is 23.9 Å². The van der Waals surface area contributed by atoms with Crippen molar-refractivity contribution in [3.8, 4) is 0 Å². The smallest absolute Gasteiger partial charge is 0.306 e. The molecular formula is C47H82NO8P. The minimum absolute atomic E-state index is 0.0442. The summed E-state index contributed by atoms with van der Waals surface area (Å²) in [6, 6.07) is 0. The van der Waals surface area contributed by atoms with E-state index in [1.54, 1.807) is 0 Å². The topological polar surface area (TPSA) is 111 Å². The predicted octanol–water partition coefficient (Wildman–Crippen LogP) is 12.0. The van der Waals surface area contributed by atoms with Gasteiger partial charge in [-0.2, -0.15) is 0 Å². The molecule has 1 unspecified atom stereocenters. The van der Waals surface area contributed by atoms with Gasteiger partial charge in [-0.25, -0.2) is 0 Å². The summed E-state index contributed by atoms with van der Waals surface area (Å²) in [6.45, 7) is 4.02. The van der Waals surface area contributed by atoms with Crippen molar-refractivity contribution in [2.45, 2.75) is 168 Å². The summed E-state index contributed by atoms with van der Waals surface area (Å²) < 4.78 is 33.8. The van der Waals surface area contributed by atoms with Crippen LogP contribution in [0.25, 0.3) is 0 Å². The first-order valence-electron chi connectivity index (χ1n) is 22.1. The summed E-state index contributed by atoms with van der Waals surface area (Å²) in [6.07, 6.45) is 48.0. The van der Waals surface area contributed by atoms with Crippen LogP contribution in [0, 0.1) is 0 Å². The molecule has 57 heavy (non-hydrogen) atoms. The Kier molecular flexibility index (Phi) is 37.2. The van der Waals surface area contributed by atoms with Crippen molar-refractivity contribution >= 4 is 19.8 Å². The highest BCUT2D eigenvalue weighted by Gasteiger charge is 2.21. The van der Waals surface area contributed by atoms with Gasteiger partial charge < -0.3 is 27.9 Å². The number of quaternary nitrogens is 1. The number of ether oxygens (including phenoxy) is 2. The number of nitrogens with zero attached hydrogens (tertiary/aromatic N) is 1. The summed E-state index contributed by atoms with van der Waals surface area (Å²) in [5.74, 6) is -0.935. The van der Waals surface area contributed by atoms with Gasteiger partial charge in [-0.05, 0) is 51.4 Å². The first-order chi connectivity index (χ1) is 27.5. The zero-order chi connectivity index (χ0) is 42.1. The number of phosphoric acid groups is 1. The van der Waals surface area contributed by atoms with Crippen molar-refractivity contribution in [2.24, 2.45) is 0 Å². The van der Waals surface area contributed by atoms with Gasteiger partial charge in [0.05, 0.1) is 27.7 Å². The highest BCUT2D eigenvalue weighted by Crippen LogP contribution is 2.38. The van der Waals surface area contributed by atoms with Crippen molar-refractivity contribution < 1.29 is 42.1 Å². The lowest BCUT2D eigenvalue weighted by Crippen LogP contribution is -2.37. The molecule has 0 aromatic heterocycles. The third-order valence-electron chi connectivity index (χ3n) is 9.00. The van der Waals surface area contributed by atoms with Gasteiger partial charge in [0.15, 0.2) is 6.10 Å². The molecule has 0 aromatic carbocycles. The van der Waals surface area contributed by atoms with Gasteiger partial charge in [-0.15, -0.1) is 0 Å². The molecule has 0 amide bonds. The van der Waals surface area contributed by atoms with E-state index in [1.165, 1.54) is 64.2 Å². The molecule has 0 aliphatic rings. The summed E-state index contributed by atoms with van der Waals surface area (Å²) >= 11 is 0. The number of carbonyl (C=O) groups excluding carboxylic acids is 2. The molecule has 328 valence electrons. The first-order valence-corrected chi connectivity index (χ1v) is 23.6. The lowest BCUT2D eigenvalue weighted by molar-refractivity contribution is -0.870. The van der Waals surface area contributed by atoms with E-state index in [0.717, 1.165) is 57.8 Å². The molecule has 0 saturated heterocycles. The number of allylic oxidation sites excluding steroid dienone is 12. The number of esters is 2. The van der Waals surface area contributed by atoms with Gasteiger partial charge in [-0.1, -0.05) is 170 Å². The maximum Gasteiger partial charge on any atom is 0.306 e. The number of hydrogen-bond donors (Lipinski definition) is 0. The second-order valence-corrected chi connectivity index (χ2v) is 17.1. The molecule has 0 aliphatic carbocycles. The third kappa shape index (κ3) is 42.9. The van der Waals surface area contributed by atoms with Crippen LogP contribution in [0.3, 0.4) is 0 Å². The summed E-state index contributed by atoms with van der Waals surface area (Å²) in [5, 5.41) is 0. The Morgan fingerprint density at radius 3 is 1.46 bits per heavy atom. The first kappa shape index (κ1) is 54.5. The average molecular weight is 820 g/mol. The second kappa shape index (κ2) is 38.9. The monoisotopic (exact) mass is 820 g/mol. The quantitative estimate of drug-likeness (QED) is 0.0198. The molecule has 0 N–H and O–H groups in total. The number of carbonyl (C=O) groups is 2. The molecule has 10 heteroatoms. The number of likely N-dealkylation sites (N-methyl/N-ethyl adjacent to an activating group) is 1. The minimum atomic E-state index is -4.64. The Morgan fingerprint density at radius 1 is 0.561 bits per heavy atom. The molecule has 0 radical (unpaired) electrons. The lowest BCUT2D eigenvalue weighted by atomic mass is 10.0. The Labute approximate surface area is 348 Å². The molecular weight excluding hydrogens is 737 g/mol. The van der Waals surface area contributed by atoms with Gasteiger partial charge >= 0.3 is 11.9 Å². The van der Waals surface area contributed by atoms with Crippen LogP contribution < -0.4 is 4.89 Å². The number of unbranched alkanes of at least 4 members (excludes halogenated alkanes) is 13. The highest BCUT2D eigenvalue weighted by molar-refractivity contribution is 7.45. The minimum Gasteiger partial charge on any atom is -0.756 e. The fourth-order valence-electron chi connectivity index (χ4n) is 5.56. The molecule has 0 rings (SSSR count). The van der Waals surface area contributed by atoms with Crippen molar-refractivity contribution in [3.05, 3.63) is 72.9 Å². The molecule has 0 fully saturated rings. The maximum absolute atomic E-state index is 12.7. The zero-order valence-corrected chi connectivity index (χ0v) is 37.7. The van der Waals surface area contributed by atoms with Crippen molar-refractivity contribution in [3.63, 3.8) is 0 Å². The van der Waals surface area contributed by atoms with Crippen LogP contribution in [0.2, 0.25) is 0 Å². The fraction of sp³-hybridized carbons (Fsp3) is 0.702. The molecule has 0 aromatic rings. The highest BCUT2D eigenvalue weighted by atomic mass is 31.2. The van der Waals surface area contributed by atoms with Crippen LogP contribution in [0.1, 0.15) is 162 Å². The molecule has 9 nitrogen and oxygen atoms in total. The normalized spacial score (nSPS) is 14.3. The number of hydrogen-bond acceptors (Lipinski definition) is 8. The van der Waals surface area contributed by atoms with Crippen LogP contribution in [-0.4, -0.2) is 70.0 Å². The second-order valence-electron chi connectivity index (χ2n) is 15.7. The van der Waals surface area contributed by atoms with Crippen molar-refractivity contribution in [1.29, 1.82) is 0 Å². The van der Waals surface area contributed by atoms with Crippen LogP contribution in [-0.2, 0) is 32.7 Å². The Hall–Kier alpha value is -2.55. The van der Waals surface area contributed by atoms with Crippen molar-refractivity contribution in [2.75, 3.05) is 47.5 Å².